The number of esters is 1. The van der Waals surface area contributed by atoms with E-state index >= 15 is 0 Å². The molecule has 1 heterocycles. The maximum absolute atomic E-state index is 13.4. The van der Waals surface area contributed by atoms with Crippen molar-refractivity contribution in [3.63, 3.8) is 0 Å². The minimum Gasteiger partial charge on any atom is -0.504 e. The number of fused-ring (bicyclic) bond motifs is 2. The maximum Gasteiger partial charge on any atom is 0.329 e. The summed E-state index contributed by atoms with van der Waals surface area (Å²) in [6.45, 7) is 6.79. The predicted molar refractivity (Wildman–Crippen MR) is 138 cm³/mol. The summed E-state index contributed by atoms with van der Waals surface area (Å²) in [5.74, 6) is -3.86. The first-order chi connectivity index (χ1) is 18.2. The molecule has 4 rings (SSSR count). The second-order valence-corrected chi connectivity index (χ2v) is 11.9. The Balaban J connectivity index is 1.42. The second-order valence-electron chi connectivity index (χ2n) is 11.9. The molecule has 0 spiro atoms. The lowest BCUT2D eigenvalue weighted by molar-refractivity contribution is -0.165. The van der Waals surface area contributed by atoms with Gasteiger partial charge in [-0.3, -0.25) is 14.4 Å². The molecule has 11 heteroatoms. The standard InChI is InChI=1S/C28H38N2O9/c1-27(2)16-8-9-28(27,3)22(13-16)39-26(38)18-5-4-10-30(18)25(37)17(14-23(34)35)29-24(36)21(33)12-15-6-7-19(31)20(32)11-15/h6-7,11,16-18,21-22,31-33H,4-5,8-10,12-14H2,1-3H3,(H,29,36)(H,34,35). The Morgan fingerprint density at radius 3 is 2.44 bits per heavy atom. The highest BCUT2D eigenvalue weighted by atomic mass is 16.5. The topological polar surface area (TPSA) is 174 Å². The lowest BCUT2D eigenvalue weighted by Gasteiger charge is -2.39. The Labute approximate surface area is 227 Å². The number of aliphatic hydroxyl groups excluding tert-OH is 1. The summed E-state index contributed by atoms with van der Waals surface area (Å²) in [6.07, 6.45) is 0.875. The third-order valence-corrected chi connectivity index (χ3v) is 9.55. The highest BCUT2D eigenvalue weighted by Gasteiger charge is 2.63. The zero-order valence-corrected chi connectivity index (χ0v) is 22.6. The zero-order valence-electron chi connectivity index (χ0n) is 22.6. The number of aliphatic carboxylic acids is 1. The van der Waals surface area contributed by atoms with E-state index in [-0.39, 0.29) is 35.6 Å². The molecule has 0 radical (unpaired) electrons. The summed E-state index contributed by atoms with van der Waals surface area (Å²) < 4.78 is 6.00. The van der Waals surface area contributed by atoms with Crippen molar-refractivity contribution in [2.24, 2.45) is 16.7 Å². The second kappa shape index (κ2) is 10.7. The molecule has 5 N–H and O–H groups in total. The number of carbonyl (C=O) groups excluding carboxylic acids is 3. The number of phenols is 2. The Morgan fingerprint density at radius 2 is 1.85 bits per heavy atom. The van der Waals surface area contributed by atoms with Crippen LogP contribution in [0.25, 0.3) is 0 Å². The van der Waals surface area contributed by atoms with Gasteiger partial charge >= 0.3 is 11.9 Å². The van der Waals surface area contributed by atoms with E-state index in [1.807, 2.05) is 0 Å². The number of aliphatic hydroxyl groups is 1. The van der Waals surface area contributed by atoms with Crippen LogP contribution in [-0.4, -0.2) is 79.9 Å². The molecule has 1 aromatic carbocycles. The van der Waals surface area contributed by atoms with Crippen LogP contribution in [0.5, 0.6) is 11.5 Å². The number of ether oxygens (including phenoxy) is 1. The van der Waals surface area contributed by atoms with Gasteiger partial charge in [0.15, 0.2) is 11.5 Å². The molecule has 2 bridgehead atoms. The molecule has 2 saturated carbocycles. The van der Waals surface area contributed by atoms with E-state index in [0.717, 1.165) is 19.3 Å². The van der Waals surface area contributed by atoms with Crippen molar-refractivity contribution >= 4 is 23.8 Å². The van der Waals surface area contributed by atoms with Crippen molar-refractivity contribution in [2.45, 2.75) is 90.0 Å². The number of likely N-dealkylation sites (tertiary alicyclic amines) is 1. The number of carboxylic acids is 1. The molecule has 1 aliphatic heterocycles. The van der Waals surface area contributed by atoms with Gasteiger partial charge in [0.05, 0.1) is 6.42 Å². The molecule has 2 amide bonds. The predicted octanol–water partition coefficient (Wildman–Crippen LogP) is 1.71. The third kappa shape index (κ3) is 5.41. The van der Waals surface area contributed by atoms with Gasteiger partial charge in [-0.1, -0.05) is 26.8 Å². The van der Waals surface area contributed by atoms with Crippen molar-refractivity contribution < 1.29 is 44.3 Å². The molecule has 2 aliphatic carbocycles. The molecule has 1 saturated heterocycles. The van der Waals surface area contributed by atoms with Gasteiger partial charge in [0, 0.05) is 18.4 Å². The van der Waals surface area contributed by atoms with Crippen molar-refractivity contribution in [3.05, 3.63) is 23.8 Å². The summed E-state index contributed by atoms with van der Waals surface area (Å²) in [5.41, 5.74) is 0.235. The number of benzene rings is 1. The molecule has 39 heavy (non-hydrogen) atoms. The van der Waals surface area contributed by atoms with E-state index in [1.165, 1.54) is 23.1 Å². The Hall–Kier alpha value is -3.34. The number of rotatable bonds is 9. The van der Waals surface area contributed by atoms with Crippen LogP contribution in [0.2, 0.25) is 0 Å². The first kappa shape index (κ1) is 28.7. The highest BCUT2D eigenvalue weighted by Crippen LogP contribution is 2.66. The minimum absolute atomic E-state index is 0.0414. The average Bonchev–Trinajstić information content (AvgIpc) is 3.49. The van der Waals surface area contributed by atoms with Crippen LogP contribution in [-0.2, 0) is 30.3 Å². The highest BCUT2D eigenvalue weighted by molar-refractivity contribution is 5.94. The average molecular weight is 547 g/mol. The van der Waals surface area contributed by atoms with Gasteiger partial charge in [-0.15, -0.1) is 0 Å². The van der Waals surface area contributed by atoms with E-state index in [9.17, 15) is 39.6 Å². The van der Waals surface area contributed by atoms with Crippen molar-refractivity contribution in [1.29, 1.82) is 0 Å². The summed E-state index contributed by atoms with van der Waals surface area (Å²) in [4.78, 5) is 52.2. The fourth-order valence-corrected chi connectivity index (χ4v) is 6.66. The zero-order chi connectivity index (χ0) is 28.7. The minimum atomic E-state index is -1.65. The van der Waals surface area contributed by atoms with Crippen LogP contribution < -0.4 is 5.32 Å². The summed E-state index contributed by atoms with van der Waals surface area (Å²) in [5, 5.41) is 41.2. The fourth-order valence-electron chi connectivity index (χ4n) is 6.66. The van der Waals surface area contributed by atoms with E-state index in [4.69, 9.17) is 4.74 Å². The maximum atomic E-state index is 13.4. The summed E-state index contributed by atoms with van der Waals surface area (Å²) >= 11 is 0. The number of hydrogen-bond acceptors (Lipinski definition) is 8. The van der Waals surface area contributed by atoms with Crippen LogP contribution in [0, 0.1) is 16.7 Å². The number of aromatic hydroxyl groups is 2. The van der Waals surface area contributed by atoms with Gasteiger partial charge in [0.1, 0.15) is 24.3 Å². The van der Waals surface area contributed by atoms with Crippen molar-refractivity contribution in [3.8, 4) is 11.5 Å². The van der Waals surface area contributed by atoms with Gasteiger partial charge in [-0.2, -0.15) is 0 Å². The van der Waals surface area contributed by atoms with Gasteiger partial charge < -0.3 is 35.4 Å². The Morgan fingerprint density at radius 1 is 1.13 bits per heavy atom. The quantitative estimate of drug-likeness (QED) is 0.228. The molecule has 6 unspecified atom stereocenters. The largest absolute Gasteiger partial charge is 0.504 e. The summed E-state index contributed by atoms with van der Waals surface area (Å²) in [7, 11) is 0. The Kier molecular flexibility index (Phi) is 7.84. The number of carboxylic acid groups (broad SMARTS) is 1. The third-order valence-electron chi connectivity index (χ3n) is 9.55. The fraction of sp³-hybridized carbons (Fsp3) is 0.643. The van der Waals surface area contributed by atoms with Crippen molar-refractivity contribution in [1.82, 2.24) is 10.2 Å². The lowest BCUT2D eigenvalue weighted by Crippen LogP contribution is -2.54. The molecular formula is C28H38N2O9. The molecule has 0 aromatic heterocycles. The molecule has 1 aromatic rings. The van der Waals surface area contributed by atoms with Crippen LogP contribution >= 0.6 is 0 Å². The van der Waals surface area contributed by atoms with E-state index in [0.29, 0.717) is 24.3 Å². The van der Waals surface area contributed by atoms with Crippen LogP contribution in [0.1, 0.15) is 64.9 Å². The van der Waals surface area contributed by atoms with E-state index < -0.39 is 54.1 Å². The smallest absolute Gasteiger partial charge is 0.329 e. The van der Waals surface area contributed by atoms with Gasteiger partial charge in [0.2, 0.25) is 11.8 Å². The molecule has 6 atom stereocenters. The van der Waals surface area contributed by atoms with Crippen LogP contribution in [0.3, 0.4) is 0 Å². The Bertz CT molecular complexity index is 1150. The van der Waals surface area contributed by atoms with Crippen LogP contribution in [0.15, 0.2) is 18.2 Å². The van der Waals surface area contributed by atoms with Crippen LogP contribution in [0.4, 0.5) is 0 Å². The van der Waals surface area contributed by atoms with Gasteiger partial charge in [-0.05, 0) is 61.1 Å². The van der Waals surface area contributed by atoms with E-state index in [2.05, 4.69) is 26.1 Å². The molecule has 11 nitrogen and oxygen atoms in total. The van der Waals surface area contributed by atoms with E-state index in [1.54, 1.807) is 0 Å². The first-order valence-corrected chi connectivity index (χ1v) is 13.5. The number of hydrogen-bond donors (Lipinski definition) is 5. The monoisotopic (exact) mass is 546 g/mol. The molecule has 3 fully saturated rings. The molecule has 3 aliphatic rings. The van der Waals surface area contributed by atoms with Crippen molar-refractivity contribution in [2.75, 3.05) is 6.54 Å². The molecule has 214 valence electrons. The summed E-state index contributed by atoms with van der Waals surface area (Å²) in [6, 6.07) is 1.43. The SMILES string of the molecule is CC1(C)C2CCC1(C)C(OC(=O)C1CCCN1C(=O)C(CC(=O)O)NC(=O)C(O)Cc1ccc(O)c(O)c1)C2. The molecular weight excluding hydrogens is 508 g/mol. The first-order valence-electron chi connectivity index (χ1n) is 13.5. The number of carbonyl (C=O) groups is 4. The number of nitrogens with zero attached hydrogens (tertiary/aromatic N) is 1. The number of amides is 2. The normalized spacial score (nSPS) is 28.6. The lowest BCUT2D eigenvalue weighted by atomic mass is 9.70. The number of phenolic OH excluding ortho intramolecular Hbond substituents is 2. The van der Waals surface area contributed by atoms with Gasteiger partial charge in [0.25, 0.3) is 0 Å². The number of nitrogens with one attached hydrogen (secondary N) is 1. The van der Waals surface area contributed by atoms with Gasteiger partial charge in [-0.25, -0.2) is 4.79 Å².